The van der Waals surface area contributed by atoms with Crippen LogP contribution in [0.15, 0.2) is 90.0 Å². The summed E-state index contributed by atoms with van der Waals surface area (Å²) in [5, 5.41) is 1.38. The van der Waals surface area contributed by atoms with Gasteiger partial charge in [0.25, 0.3) is 0 Å². The van der Waals surface area contributed by atoms with Gasteiger partial charge in [-0.1, -0.05) is 77.8 Å². The first-order chi connectivity index (χ1) is 14.1. The van der Waals surface area contributed by atoms with Crippen LogP contribution in [0.5, 0.6) is 0 Å². The molecule has 0 unspecified atom stereocenters. The lowest BCUT2D eigenvalue weighted by Gasteiger charge is -2.26. The summed E-state index contributed by atoms with van der Waals surface area (Å²) in [5.41, 5.74) is 4.87. The third kappa shape index (κ3) is 4.87. The van der Waals surface area contributed by atoms with E-state index in [1.165, 1.54) is 5.56 Å². The molecule has 1 nitrogen and oxygen atoms in total. The molecule has 1 saturated carbocycles. The van der Waals surface area contributed by atoms with Crippen LogP contribution in [0.3, 0.4) is 0 Å². The predicted molar refractivity (Wildman–Crippen MR) is 122 cm³/mol. The van der Waals surface area contributed by atoms with Crippen LogP contribution >= 0.6 is 23.2 Å². The Bertz CT molecular complexity index is 994. The van der Waals surface area contributed by atoms with Crippen molar-refractivity contribution in [1.82, 2.24) is 0 Å². The highest BCUT2D eigenvalue weighted by Crippen LogP contribution is 2.38. The number of hydrogen-bond acceptors (Lipinski definition) is 1. The van der Waals surface area contributed by atoms with E-state index < -0.39 is 0 Å². The molecule has 3 aromatic carbocycles. The van der Waals surface area contributed by atoms with Crippen LogP contribution in [0.2, 0.25) is 10.0 Å². The number of rotatable bonds is 3. The van der Waals surface area contributed by atoms with Gasteiger partial charge >= 0.3 is 0 Å². The van der Waals surface area contributed by atoms with Gasteiger partial charge < -0.3 is 0 Å². The summed E-state index contributed by atoms with van der Waals surface area (Å²) in [6.07, 6.45) is 5.43. The van der Waals surface area contributed by atoms with Crippen molar-refractivity contribution in [1.29, 1.82) is 0 Å². The highest BCUT2D eigenvalue weighted by molar-refractivity contribution is 6.30. The van der Waals surface area contributed by atoms with Crippen LogP contribution in [0, 0.1) is 0 Å². The molecule has 0 radical (unpaired) electrons. The third-order valence-electron chi connectivity index (χ3n) is 5.21. The van der Waals surface area contributed by atoms with Crippen LogP contribution in [-0.2, 0) is 4.79 Å². The zero-order valence-corrected chi connectivity index (χ0v) is 17.3. The van der Waals surface area contributed by atoms with Crippen molar-refractivity contribution < 1.29 is 4.79 Å². The van der Waals surface area contributed by atoms with Gasteiger partial charge in [0, 0.05) is 21.2 Å². The molecule has 0 saturated heterocycles. The Morgan fingerprint density at radius 1 is 0.655 bits per heavy atom. The maximum absolute atomic E-state index is 13.3. The Hall–Kier alpha value is -2.61. The molecule has 0 heterocycles. The molecule has 0 amide bonds. The van der Waals surface area contributed by atoms with Gasteiger partial charge in [-0.25, -0.2) is 0 Å². The topological polar surface area (TPSA) is 17.1 Å². The number of carbonyl (C=O) groups is 1. The van der Waals surface area contributed by atoms with Crippen LogP contribution in [0.25, 0.3) is 12.2 Å². The zero-order chi connectivity index (χ0) is 20.2. The normalized spacial score (nSPS) is 19.7. The second-order valence-electron chi connectivity index (χ2n) is 7.29. The molecular weight excluding hydrogens is 399 g/mol. The van der Waals surface area contributed by atoms with Crippen LogP contribution in [0.1, 0.15) is 35.4 Å². The molecule has 0 spiro atoms. The second-order valence-corrected chi connectivity index (χ2v) is 8.16. The van der Waals surface area contributed by atoms with Crippen molar-refractivity contribution in [3.63, 3.8) is 0 Å². The van der Waals surface area contributed by atoms with Gasteiger partial charge in [0.05, 0.1) is 0 Å². The average Bonchev–Trinajstić information content (AvgIpc) is 2.74. The fourth-order valence-corrected chi connectivity index (χ4v) is 3.98. The van der Waals surface area contributed by atoms with Crippen molar-refractivity contribution in [3.05, 3.63) is 117 Å². The van der Waals surface area contributed by atoms with Gasteiger partial charge in [0.15, 0.2) is 5.78 Å². The Balaban J connectivity index is 1.73. The maximum Gasteiger partial charge on any atom is 0.185 e. The highest BCUT2D eigenvalue weighted by Gasteiger charge is 2.28. The monoisotopic (exact) mass is 418 g/mol. The molecular formula is C26H20Cl2O. The molecule has 144 valence electrons. The van der Waals surface area contributed by atoms with Gasteiger partial charge in [-0.15, -0.1) is 0 Å². The van der Waals surface area contributed by atoms with E-state index in [1.807, 2.05) is 66.7 Å². The van der Waals surface area contributed by atoms with Crippen LogP contribution in [-0.4, -0.2) is 5.78 Å². The first-order valence-corrected chi connectivity index (χ1v) is 10.4. The van der Waals surface area contributed by atoms with E-state index in [-0.39, 0.29) is 11.7 Å². The van der Waals surface area contributed by atoms with Crippen molar-refractivity contribution in [3.8, 4) is 0 Å². The molecule has 0 N–H and O–H groups in total. The lowest BCUT2D eigenvalue weighted by atomic mass is 9.77. The molecule has 3 aromatic rings. The molecule has 1 aliphatic carbocycles. The first-order valence-electron chi connectivity index (χ1n) is 9.60. The Morgan fingerprint density at radius 3 is 1.55 bits per heavy atom. The van der Waals surface area contributed by atoms with Gasteiger partial charge in [0.1, 0.15) is 0 Å². The first kappa shape index (κ1) is 19.7. The number of allylic oxidation sites excluding steroid dienone is 2. The minimum atomic E-state index is 0.113. The quantitative estimate of drug-likeness (QED) is 0.400. The molecule has 0 bridgehead atoms. The van der Waals surface area contributed by atoms with E-state index in [0.29, 0.717) is 10.0 Å². The molecule has 3 heteroatoms. The summed E-state index contributed by atoms with van der Waals surface area (Å²) in [6, 6.07) is 25.6. The summed E-state index contributed by atoms with van der Waals surface area (Å²) < 4.78 is 0. The lowest BCUT2D eigenvalue weighted by molar-refractivity contribution is -0.113. The fraction of sp³-hybridized carbons (Fsp3) is 0.115. The summed E-state index contributed by atoms with van der Waals surface area (Å²) in [6.45, 7) is 0. The number of ketones is 1. The van der Waals surface area contributed by atoms with Crippen molar-refractivity contribution in [2.75, 3.05) is 0 Å². The average molecular weight is 419 g/mol. The Kier molecular flexibility index (Phi) is 5.99. The van der Waals surface area contributed by atoms with Gasteiger partial charge in [-0.05, 0) is 71.9 Å². The van der Waals surface area contributed by atoms with E-state index in [9.17, 15) is 4.79 Å². The van der Waals surface area contributed by atoms with Gasteiger partial charge in [-0.2, -0.15) is 0 Å². The van der Waals surface area contributed by atoms with E-state index in [2.05, 4.69) is 24.3 Å². The highest BCUT2D eigenvalue weighted by atomic mass is 35.5. The van der Waals surface area contributed by atoms with E-state index in [0.717, 1.165) is 35.1 Å². The molecule has 4 rings (SSSR count). The molecule has 0 atom stereocenters. The van der Waals surface area contributed by atoms with E-state index in [4.69, 9.17) is 23.2 Å². The summed E-state index contributed by atoms with van der Waals surface area (Å²) in [5.74, 6) is 0.382. The Labute approximate surface area is 181 Å². The smallest absolute Gasteiger partial charge is 0.185 e. The molecule has 0 aromatic heterocycles. The summed E-state index contributed by atoms with van der Waals surface area (Å²) in [7, 11) is 0. The summed E-state index contributed by atoms with van der Waals surface area (Å²) >= 11 is 12.0. The van der Waals surface area contributed by atoms with E-state index >= 15 is 0 Å². The lowest BCUT2D eigenvalue weighted by Crippen LogP contribution is -2.19. The van der Waals surface area contributed by atoms with Gasteiger partial charge in [-0.3, -0.25) is 4.79 Å². The standard InChI is InChI=1S/C26H20Cl2O/c27-24-10-6-18(7-11-24)14-22-16-21(20-4-2-1-3-5-20)17-23(26(22)29)15-19-8-12-25(28)13-9-19/h1-15,21H,16-17H2/b22-14+,23-15+. The zero-order valence-electron chi connectivity index (χ0n) is 15.8. The largest absolute Gasteiger partial charge is 0.289 e. The number of hydrogen-bond donors (Lipinski definition) is 0. The number of halogens is 2. The number of carbonyl (C=O) groups excluding carboxylic acids is 1. The predicted octanol–water partition coefficient (Wildman–Crippen LogP) is 7.61. The minimum Gasteiger partial charge on any atom is -0.289 e. The Morgan fingerprint density at radius 2 is 1.10 bits per heavy atom. The number of benzene rings is 3. The van der Waals surface area contributed by atoms with Crippen molar-refractivity contribution in [2.24, 2.45) is 0 Å². The molecule has 1 fully saturated rings. The SMILES string of the molecule is O=C1/C(=C/c2ccc(Cl)cc2)CC(c2ccccc2)C/C1=C\c1ccc(Cl)cc1. The second kappa shape index (κ2) is 8.82. The number of Topliss-reactive ketones (excluding diaryl/α,β-unsaturated/α-hetero) is 1. The van der Waals surface area contributed by atoms with Crippen molar-refractivity contribution in [2.45, 2.75) is 18.8 Å². The maximum atomic E-state index is 13.3. The van der Waals surface area contributed by atoms with Crippen molar-refractivity contribution >= 4 is 41.1 Å². The molecule has 29 heavy (non-hydrogen) atoms. The van der Waals surface area contributed by atoms with Crippen LogP contribution in [0.4, 0.5) is 0 Å². The molecule has 1 aliphatic rings. The fourth-order valence-electron chi connectivity index (χ4n) is 3.72. The molecule has 0 aliphatic heterocycles. The van der Waals surface area contributed by atoms with Crippen LogP contribution < -0.4 is 0 Å². The summed E-state index contributed by atoms with van der Waals surface area (Å²) in [4.78, 5) is 13.3. The third-order valence-corrected chi connectivity index (χ3v) is 5.71. The van der Waals surface area contributed by atoms with Gasteiger partial charge in [0.2, 0.25) is 0 Å². The van der Waals surface area contributed by atoms with E-state index in [1.54, 1.807) is 0 Å². The minimum absolute atomic E-state index is 0.113.